The summed E-state index contributed by atoms with van der Waals surface area (Å²) in [5.74, 6) is -0.364. The second-order valence-corrected chi connectivity index (χ2v) is 5.95. The van der Waals surface area contributed by atoms with E-state index in [1.165, 1.54) is 24.3 Å². The summed E-state index contributed by atoms with van der Waals surface area (Å²) in [7, 11) is -2.03. The van der Waals surface area contributed by atoms with Crippen LogP contribution in [0.2, 0.25) is 0 Å². The Morgan fingerprint density at radius 3 is 2.22 bits per heavy atom. The predicted octanol–water partition coefficient (Wildman–Crippen LogP) is 1.75. The number of anilines is 1. The van der Waals surface area contributed by atoms with Gasteiger partial charge < -0.3 is 15.2 Å². The average molecular weight is 345 g/mol. The lowest BCUT2D eigenvalue weighted by Crippen LogP contribution is -2.09. The van der Waals surface area contributed by atoms with Crippen molar-refractivity contribution < 1.29 is 26.9 Å². The number of hydrogen-bond acceptors (Lipinski definition) is 7. The molecule has 0 radical (unpaired) electrons. The van der Waals surface area contributed by atoms with Gasteiger partial charge in [-0.25, -0.2) is 4.79 Å². The van der Waals surface area contributed by atoms with Gasteiger partial charge >= 0.3 is 5.97 Å². The number of rotatable bonds is 7. The number of carbonyl (C=O) groups is 1. The number of hydrogen-bond donors (Lipinski definition) is 1. The molecule has 0 bridgehead atoms. The number of methoxy groups -OCH3 is 1. The van der Waals surface area contributed by atoms with Crippen LogP contribution >= 0.6 is 0 Å². The molecule has 0 amide bonds. The maximum atomic E-state index is 11.3. The number of carbonyl (C=O) groups excluding carboxylic acids is 1. The first-order valence-corrected chi connectivity index (χ1v) is 8.22. The maximum Gasteiger partial charge on any atom is 0.333 e. The summed E-state index contributed by atoms with van der Waals surface area (Å²) in [5.41, 5.74) is 6.34. The standard InChI is InChI=1S/C8H11NO3S.C7H12O3/c1-2-12-13(10,11)8-5-3-7(9)4-6-8;1-6(2)7(8)10-5-4-9-3/h3-6H,2,9H2,1H3;1,4-5H2,2-3H3. The molecule has 0 aliphatic heterocycles. The molecule has 130 valence electrons. The van der Waals surface area contributed by atoms with Crippen molar-refractivity contribution in [2.24, 2.45) is 0 Å². The highest BCUT2D eigenvalue weighted by Gasteiger charge is 2.12. The van der Waals surface area contributed by atoms with Crippen LogP contribution in [0, 0.1) is 0 Å². The van der Waals surface area contributed by atoms with E-state index in [0.717, 1.165) is 0 Å². The molecule has 0 saturated carbocycles. The SMILES string of the molecule is C=C(C)C(=O)OCCOC.CCOS(=O)(=O)c1ccc(N)cc1. The largest absolute Gasteiger partial charge is 0.460 e. The van der Waals surface area contributed by atoms with Gasteiger partial charge in [-0.3, -0.25) is 4.18 Å². The van der Waals surface area contributed by atoms with Gasteiger partial charge in [0.1, 0.15) is 6.61 Å². The van der Waals surface area contributed by atoms with E-state index < -0.39 is 10.1 Å². The molecular formula is C15H23NO6S. The third kappa shape index (κ3) is 8.97. The molecule has 1 rings (SSSR count). The topological polar surface area (TPSA) is 105 Å². The van der Waals surface area contributed by atoms with E-state index in [2.05, 4.69) is 20.2 Å². The van der Waals surface area contributed by atoms with E-state index in [0.29, 0.717) is 24.5 Å². The van der Waals surface area contributed by atoms with E-state index in [1.807, 2.05) is 0 Å². The zero-order valence-electron chi connectivity index (χ0n) is 13.6. The molecule has 0 atom stereocenters. The van der Waals surface area contributed by atoms with Crippen LogP contribution in [0.15, 0.2) is 41.3 Å². The molecule has 0 unspecified atom stereocenters. The minimum atomic E-state index is -3.58. The minimum Gasteiger partial charge on any atom is -0.460 e. The summed E-state index contributed by atoms with van der Waals surface area (Å²) in [5, 5.41) is 0. The lowest BCUT2D eigenvalue weighted by atomic mass is 10.3. The molecule has 8 heteroatoms. The first kappa shape index (κ1) is 21.1. The van der Waals surface area contributed by atoms with Crippen LogP contribution in [0.5, 0.6) is 0 Å². The monoisotopic (exact) mass is 345 g/mol. The zero-order valence-corrected chi connectivity index (χ0v) is 14.4. The quantitative estimate of drug-likeness (QED) is 0.264. The number of nitrogen functional groups attached to an aromatic ring is 1. The molecule has 0 saturated heterocycles. The summed E-state index contributed by atoms with van der Waals surface area (Å²) in [4.78, 5) is 10.8. The van der Waals surface area contributed by atoms with Crippen molar-refractivity contribution in [3.63, 3.8) is 0 Å². The molecular weight excluding hydrogens is 322 g/mol. The fourth-order valence-corrected chi connectivity index (χ4v) is 2.11. The average Bonchev–Trinajstić information content (AvgIpc) is 2.48. The Morgan fingerprint density at radius 1 is 1.22 bits per heavy atom. The highest BCUT2D eigenvalue weighted by molar-refractivity contribution is 7.86. The molecule has 7 nitrogen and oxygen atoms in total. The van der Waals surface area contributed by atoms with Gasteiger partial charge in [-0.1, -0.05) is 6.58 Å². The third-order valence-corrected chi connectivity index (χ3v) is 3.71. The summed E-state index contributed by atoms with van der Waals surface area (Å²) in [6.07, 6.45) is 0. The first-order valence-electron chi connectivity index (χ1n) is 6.81. The molecule has 2 N–H and O–H groups in total. The molecule has 0 aromatic heterocycles. The van der Waals surface area contributed by atoms with E-state index in [1.54, 1.807) is 21.0 Å². The second-order valence-electron chi connectivity index (χ2n) is 4.34. The Hall–Kier alpha value is -1.90. The fraction of sp³-hybridized carbons (Fsp3) is 0.400. The molecule has 23 heavy (non-hydrogen) atoms. The van der Waals surface area contributed by atoms with Crippen molar-refractivity contribution in [2.75, 3.05) is 32.7 Å². The summed E-state index contributed by atoms with van der Waals surface area (Å²) in [6, 6.07) is 5.87. The third-order valence-electron chi connectivity index (χ3n) is 2.31. The zero-order chi connectivity index (χ0) is 17.9. The number of nitrogens with two attached hydrogens (primary N) is 1. The van der Waals surface area contributed by atoms with Crippen molar-refractivity contribution in [1.82, 2.24) is 0 Å². The molecule has 0 spiro atoms. The Bertz CT molecular complexity index is 595. The minimum absolute atomic E-state index is 0.128. The number of ether oxygens (including phenoxy) is 2. The van der Waals surface area contributed by atoms with Crippen LogP contribution in [0.25, 0.3) is 0 Å². The van der Waals surface area contributed by atoms with E-state index in [4.69, 9.17) is 5.73 Å². The highest BCUT2D eigenvalue weighted by Crippen LogP contribution is 2.13. The Labute approximate surface area is 137 Å². The number of esters is 1. The van der Waals surface area contributed by atoms with Gasteiger partial charge in [0, 0.05) is 18.4 Å². The van der Waals surface area contributed by atoms with Crippen molar-refractivity contribution in [3.05, 3.63) is 36.4 Å². The van der Waals surface area contributed by atoms with Gasteiger partial charge in [0.15, 0.2) is 0 Å². The van der Waals surface area contributed by atoms with E-state index >= 15 is 0 Å². The van der Waals surface area contributed by atoms with Gasteiger partial charge in [-0.05, 0) is 38.1 Å². The Balaban J connectivity index is 0.000000438. The summed E-state index contributed by atoms with van der Waals surface area (Å²) < 4.78 is 36.5. The smallest absolute Gasteiger partial charge is 0.333 e. The van der Waals surface area contributed by atoms with Crippen LogP contribution < -0.4 is 5.73 Å². The van der Waals surface area contributed by atoms with Crippen molar-refractivity contribution in [1.29, 1.82) is 0 Å². The van der Waals surface area contributed by atoms with Crippen LogP contribution in [-0.4, -0.2) is 41.3 Å². The van der Waals surface area contributed by atoms with Crippen LogP contribution in [0.3, 0.4) is 0 Å². The highest BCUT2D eigenvalue weighted by atomic mass is 32.2. The molecule has 0 fully saturated rings. The lowest BCUT2D eigenvalue weighted by Gasteiger charge is -2.02. The normalized spacial score (nSPS) is 10.4. The van der Waals surface area contributed by atoms with E-state index in [9.17, 15) is 13.2 Å². The van der Waals surface area contributed by atoms with Crippen LogP contribution in [0.1, 0.15) is 13.8 Å². The Morgan fingerprint density at radius 2 is 1.78 bits per heavy atom. The number of benzene rings is 1. The second kappa shape index (κ2) is 10.8. The van der Waals surface area contributed by atoms with Gasteiger partial charge in [0.25, 0.3) is 10.1 Å². The molecule has 0 heterocycles. The fourth-order valence-electron chi connectivity index (χ4n) is 1.20. The van der Waals surface area contributed by atoms with Crippen LogP contribution in [0.4, 0.5) is 5.69 Å². The van der Waals surface area contributed by atoms with Crippen molar-refractivity contribution in [3.8, 4) is 0 Å². The molecule has 0 aliphatic rings. The van der Waals surface area contributed by atoms with Gasteiger partial charge in [0.2, 0.25) is 0 Å². The first-order chi connectivity index (χ1) is 10.7. The van der Waals surface area contributed by atoms with Crippen LogP contribution in [-0.2, 0) is 28.6 Å². The van der Waals surface area contributed by atoms with Gasteiger partial charge in [-0.2, -0.15) is 8.42 Å². The lowest BCUT2D eigenvalue weighted by molar-refractivity contribution is -0.140. The van der Waals surface area contributed by atoms with Crippen molar-refractivity contribution >= 4 is 21.8 Å². The molecule has 1 aromatic carbocycles. The molecule has 0 aliphatic carbocycles. The summed E-state index contributed by atoms with van der Waals surface area (Å²) in [6.45, 7) is 7.50. The summed E-state index contributed by atoms with van der Waals surface area (Å²) >= 11 is 0. The molecule has 1 aromatic rings. The Kier molecular flexibility index (Phi) is 9.87. The maximum absolute atomic E-state index is 11.3. The van der Waals surface area contributed by atoms with Crippen molar-refractivity contribution in [2.45, 2.75) is 18.7 Å². The predicted molar refractivity (Wildman–Crippen MR) is 87.3 cm³/mol. The van der Waals surface area contributed by atoms with Gasteiger partial charge in [0.05, 0.1) is 18.1 Å². The van der Waals surface area contributed by atoms with E-state index in [-0.39, 0.29) is 17.5 Å². The van der Waals surface area contributed by atoms with Gasteiger partial charge in [-0.15, -0.1) is 0 Å².